The fraction of sp³-hybridized carbons (Fsp3) is 0.174. The monoisotopic (exact) mass is 426 g/mol. The summed E-state index contributed by atoms with van der Waals surface area (Å²) in [6.07, 6.45) is -0.866. The van der Waals surface area contributed by atoms with Gasteiger partial charge in [0.1, 0.15) is 18.1 Å². The number of benzene rings is 3. The molecule has 3 rings (SSSR count). The minimum Gasteiger partial charge on any atom is -0.491 e. The lowest BCUT2D eigenvalue weighted by Crippen LogP contribution is -2.10. The van der Waals surface area contributed by atoms with Crippen molar-refractivity contribution < 1.29 is 27.4 Å². The average molecular weight is 426 g/mol. The summed E-state index contributed by atoms with van der Waals surface area (Å²) in [7, 11) is -3.70. The summed E-state index contributed by atoms with van der Waals surface area (Å²) >= 11 is 0. The predicted octanol–water partition coefficient (Wildman–Crippen LogP) is 5.02. The van der Waals surface area contributed by atoms with Crippen LogP contribution in [0.3, 0.4) is 0 Å². The van der Waals surface area contributed by atoms with Gasteiger partial charge in [0, 0.05) is 0 Å². The molecule has 0 unspecified atom stereocenters. The van der Waals surface area contributed by atoms with Gasteiger partial charge in [0.25, 0.3) is 0 Å². The van der Waals surface area contributed by atoms with Crippen molar-refractivity contribution in [2.24, 2.45) is 0 Å². The van der Waals surface area contributed by atoms with Crippen LogP contribution in [0.25, 0.3) is 0 Å². The molecule has 0 saturated carbocycles. The lowest BCUT2D eigenvalue weighted by Gasteiger charge is -2.11. The summed E-state index contributed by atoms with van der Waals surface area (Å²) in [6, 6.07) is 21.0. The highest BCUT2D eigenvalue weighted by atomic mass is 32.2. The van der Waals surface area contributed by atoms with Gasteiger partial charge in [-0.3, -0.25) is 0 Å². The van der Waals surface area contributed by atoms with Gasteiger partial charge in [0.2, 0.25) is 9.84 Å². The number of ether oxygens (including phenoxy) is 3. The van der Waals surface area contributed by atoms with Crippen molar-refractivity contribution >= 4 is 16.0 Å². The van der Waals surface area contributed by atoms with E-state index in [1.165, 1.54) is 36.4 Å². The van der Waals surface area contributed by atoms with E-state index in [0.29, 0.717) is 5.75 Å². The summed E-state index contributed by atoms with van der Waals surface area (Å²) in [6.45, 7) is 3.88. The minimum atomic E-state index is -3.70. The molecule has 0 spiro atoms. The molecule has 0 amide bonds. The fourth-order valence-electron chi connectivity index (χ4n) is 2.63. The predicted molar refractivity (Wildman–Crippen MR) is 111 cm³/mol. The summed E-state index contributed by atoms with van der Waals surface area (Å²) in [5, 5.41) is 0. The first kappa shape index (κ1) is 21.4. The van der Waals surface area contributed by atoms with Crippen LogP contribution in [0, 0.1) is 0 Å². The van der Waals surface area contributed by atoms with Crippen molar-refractivity contribution in [3.63, 3.8) is 0 Å². The van der Waals surface area contributed by atoms with Gasteiger partial charge in [-0.1, -0.05) is 30.3 Å². The highest BCUT2D eigenvalue weighted by Gasteiger charge is 2.18. The standard InChI is InChI=1S/C23H22O6S/c1-17(2)28-19-8-12-21(13-9-19)30(25,26)22-14-10-20(11-15-22)29-23(24)27-16-18-6-4-3-5-7-18/h3-15,17H,16H2,1-2H3. The molecule has 6 nitrogen and oxygen atoms in total. The summed E-state index contributed by atoms with van der Waals surface area (Å²) < 4.78 is 41.2. The van der Waals surface area contributed by atoms with Crippen molar-refractivity contribution in [1.82, 2.24) is 0 Å². The number of rotatable bonds is 7. The Morgan fingerprint density at radius 1 is 0.800 bits per heavy atom. The Balaban J connectivity index is 1.63. The van der Waals surface area contributed by atoms with Crippen LogP contribution in [0.15, 0.2) is 88.7 Å². The third-order valence-corrected chi connectivity index (χ3v) is 5.83. The molecule has 0 saturated heterocycles. The lowest BCUT2D eigenvalue weighted by molar-refractivity contribution is 0.0927. The average Bonchev–Trinajstić information content (AvgIpc) is 2.73. The molecule has 0 N–H and O–H groups in total. The second kappa shape index (κ2) is 9.45. The maximum absolute atomic E-state index is 12.8. The molecule has 0 radical (unpaired) electrons. The van der Waals surface area contributed by atoms with Crippen LogP contribution in [0.4, 0.5) is 4.79 Å². The summed E-state index contributed by atoms with van der Waals surface area (Å²) in [5.41, 5.74) is 0.834. The third kappa shape index (κ3) is 5.61. The molecule has 0 bridgehead atoms. The Labute approximate surface area is 175 Å². The molecule has 0 atom stereocenters. The second-order valence-electron chi connectivity index (χ2n) is 6.74. The Kier molecular flexibility index (Phi) is 6.74. The van der Waals surface area contributed by atoms with Gasteiger partial charge in [-0.15, -0.1) is 0 Å². The summed E-state index contributed by atoms with van der Waals surface area (Å²) in [4.78, 5) is 12.1. The van der Waals surface area contributed by atoms with Crippen molar-refractivity contribution in [3.8, 4) is 11.5 Å². The van der Waals surface area contributed by atoms with Crippen molar-refractivity contribution in [2.45, 2.75) is 36.3 Å². The first-order chi connectivity index (χ1) is 14.3. The maximum atomic E-state index is 12.8. The number of hydrogen-bond acceptors (Lipinski definition) is 6. The van der Waals surface area contributed by atoms with Crippen LogP contribution in [0.1, 0.15) is 19.4 Å². The molecule has 7 heteroatoms. The largest absolute Gasteiger partial charge is 0.514 e. The molecule has 0 heterocycles. The molecule has 0 aliphatic rings. The zero-order valence-corrected chi connectivity index (χ0v) is 17.5. The van der Waals surface area contributed by atoms with E-state index < -0.39 is 16.0 Å². The van der Waals surface area contributed by atoms with Gasteiger partial charge in [0.05, 0.1) is 15.9 Å². The molecule has 30 heavy (non-hydrogen) atoms. The van der Waals surface area contributed by atoms with Gasteiger partial charge >= 0.3 is 6.16 Å². The minimum absolute atomic E-state index is 0.000570. The van der Waals surface area contributed by atoms with E-state index >= 15 is 0 Å². The van der Waals surface area contributed by atoms with Gasteiger partial charge in [-0.2, -0.15) is 0 Å². The molecular weight excluding hydrogens is 404 g/mol. The van der Waals surface area contributed by atoms with Crippen LogP contribution in [-0.4, -0.2) is 20.7 Å². The zero-order chi connectivity index (χ0) is 21.6. The van der Waals surface area contributed by atoms with Crippen LogP contribution in [0.2, 0.25) is 0 Å². The SMILES string of the molecule is CC(C)Oc1ccc(S(=O)(=O)c2ccc(OC(=O)OCc3ccccc3)cc2)cc1. The molecule has 0 aromatic heterocycles. The Hall–Kier alpha value is -3.32. The van der Waals surface area contributed by atoms with Crippen molar-refractivity contribution in [2.75, 3.05) is 0 Å². The van der Waals surface area contributed by atoms with E-state index in [9.17, 15) is 13.2 Å². The number of hydrogen-bond donors (Lipinski definition) is 0. The van der Waals surface area contributed by atoms with Crippen LogP contribution in [0.5, 0.6) is 11.5 Å². The molecule has 156 valence electrons. The van der Waals surface area contributed by atoms with E-state index in [2.05, 4.69) is 0 Å². The van der Waals surface area contributed by atoms with Crippen LogP contribution < -0.4 is 9.47 Å². The van der Waals surface area contributed by atoms with Crippen LogP contribution >= 0.6 is 0 Å². The normalized spacial score (nSPS) is 11.2. The second-order valence-corrected chi connectivity index (χ2v) is 8.69. The topological polar surface area (TPSA) is 78.9 Å². The smallest absolute Gasteiger partial charge is 0.491 e. The lowest BCUT2D eigenvalue weighted by atomic mass is 10.2. The number of sulfone groups is 1. The van der Waals surface area contributed by atoms with E-state index in [1.807, 2.05) is 44.2 Å². The first-order valence-electron chi connectivity index (χ1n) is 9.35. The molecule has 3 aromatic rings. The summed E-state index contributed by atoms with van der Waals surface area (Å²) in [5.74, 6) is 0.786. The maximum Gasteiger partial charge on any atom is 0.514 e. The van der Waals surface area contributed by atoms with Crippen molar-refractivity contribution in [1.29, 1.82) is 0 Å². The Morgan fingerprint density at radius 2 is 1.33 bits per heavy atom. The van der Waals surface area contributed by atoms with Gasteiger partial charge in [-0.05, 0) is 67.9 Å². The molecule has 3 aromatic carbocycles. The highest BCUT2D eigenvalue weighted by molar-refractivity contribution is 7.91. The highest BCUT2D eigenvalue weighted by Crippen LogP contribution is 2.25. The van der Waals surface area contributed by atoms with E-state index in [0.717, 1.165) is 5.56 Å². The van der Waals surface area contributed by atoms with Gasteiger partial charge < -0.3 is 14.2 Å². The third-order valence-electron chi connectivity index (χ3n) is 4.04. The fourth-order valence-corrected chi connectivity index (χ4v) is 3.90. The van der Waals surface area contributed by atoms with E-state index in [-0.39, 0.29) is 28.3 Å². The quantitative estimate of drug-likeness (QED) is 0.390. The number of carbonyl (C=O) groups excluding carboxylic acids is 1. The van der Waals surface area contributed by atoms with Crippen LogP contribution in [-0.2, 0) is 21.2 Å². The molecular formula is C23H22O6S. The number of carbonyl (C=O) groups is 1. The van der Waals surface area contributed by atoms with Gasteiger partial charge in [0.15, 0.2) is 0 Å². The zero-order valence-electron chi connectivity index (χ0n) is 16.6. The molecule has 0 fully saturated rings. The van der Waals surface area contributed by atoms with Gasteiger partial charge in [-0.25, -0.2) is 13.2 Å². The molecule has 0 aliphatic heterocycles. The Morgan fingerprint density at radius 3 is 1.87 bits per heavy atom. The van der Waals surface area contributed by atoms with E-state index in [1.54, 1.807) is 12.1 Å². The first-order valence-corrected chi connectivity index (χ1v) is 10.8. The molecule has 0 aliphatic carbocycles. The Bertz CT molecular complexity index is 1070. The van der Waals surface area contributed by atoms with E-state index in [4.69, 9.17) is 14.2 Å². The van der Waals surface area contributed by atoms with Crippen molar-refractivity contribution in [3.05, 3.63) is 84.4 Å².